The van der Waals surface area contributed by atoms with Crippen molar-refractivity contribution < 1.29 is 14.6 Å². The van der Waals surface area contributed by atoms with Gasteiger partial charge in [0, 0.05) is 46.8 Å². The summed E-state index contributed by atoms with van der Waals surface area (Å²) in [6.07, 6.45) is 4.25. The molecule has 2 aromatic carbocycles. The van der Waals surface area contributed by atoms with Gasteiger partial charge in [-0.25, -0.2) is 0 Å². The highest BCUT2D eigenvalue weighted by atomic mass is 16.5. The molecule has 1 atom stereocenters. The van der Waals surface area contributed by atoms with Gasteiger partial charge in [0.25, 0.3) is 5.56 Å². The lowest BCUT2D eigenvalue weighted by atomic mass is 9.87. The van der Waals surface area contributed by atoms with Crippen LogP contribution in [0.3, 0.4) is 0 Å². The molecule has 7 heteroatoms. The standard InChI is InChI=1S/C29H27N3O4/c1-18-14-26(33)28(29(35)32(18)13-11-21-17-31-25-8-4-3-7-22(21)25)23(16-27(34)36-2)19-9-10-24-20(15-19)6-5-12-30-24/h3-10,12,14-15,17,23,31,33H,11,13,16H2,1-2H3/t23-/m1/s1. The number of carbonyl (C=O) groups excluding carboxylic acids is 1. The van der Waals surface area contributed by atoms with Crippen molar-refractivity contribution in [1.29, 1.82) is 0 Å². The number of esters is 1. The Balaban J connectivity index is 1.57. The molecule has 0 aliphatic rings. The van der Waals surface area contributed by atoms with Crippen LogP contribution in [0.2, 0.25) is 0 Å². The minimum Gasteiger partial charge on any atom is -0.507 e. The fourth-order valence-electron chi connectivity index (χ4n) is 4.89. The maximum absolute atomic E-state index is 13.8. The molecule has 0 fully saturated rings. The van der Waals surface area contributed by atoms with Gasteiger partial charge in [-0.1, -0.05) is 30.3 Å². The molecule has 182 valence electrons. The maximum atomic E-state index is 13.8. The largest absolute Gasteiger partial charge is 0.507 e. The summed E-state index contributed by atoms with van der Waals surface area (Å²) in [5, 5.41) is 12.9. The molecule has 0 radical (unpaired) electrons. The first-order valence-corrected chi connectivity index (χ1v) is 11.9. The van der Waals surface area contributed by atoms with Gasteiger partial charge < -0.3 is 19.4 Å². The smallest absolute Gasteiger partial charge is 0.306 e. The van der Waals surface area contributed by atoms with Crippen molar-refractivity contribution in [2.75, 3.05) is 7.11 Å². The van der Waals surface area contributed by atoms with Crippen molar-refractivity contribution in [3.05, 3.63) is 106 Å². The van der Waals surface area contributed by atoms with Gasteiger partial charge in [0.05, 0.1) is 24.6 Å². The van der Waals surface area contributed by atoms with Crippen LogP contribution in [0.25, 0.3) is 21.8 Å². The molecule has 0 aliphatic carbocycles. The average molecular weight is 482 g/mol. The number of aromatic amines is 1. The summed E-state index contributed by atoms with van der Waals surface area (Å²) in [4.78, 5) is 33.8. The molecule has 0 saturated carbocycles. The van der Waals surface area contributed by atoms with Crippen molar-refractivity contribution in [3.8, 4) is 5.75 Å². The highest BCUT2D eigenvalue weighted by Crippen LogP contribution is 2.34. The van der Waals surface area contributed by atoms with Crippen LogP contribution in [0.1, 0.15) is 34.7 Å². The van der Waals surface area contributed by atoms with E-state index >= 15 is 0 Å². The van der Waals surface area contributed by atoms with Crippen molar-refractivity contribution >= 4 is 27.8 Å². The lowest BCUT2D eigenvalue weighted by molar-refractivity contribution is -0.140. The summed E-state index contributed by atoms with van der Waals surface area (Å²) in [7, 11) is 1.32. The van der Waals surface area contributed by atoms with Gasteiger partial charge in [-0.05, 0) is 54.8 Å². The Kier molecular flexibility index (Phi) is 6.29. The van der Waals surface area contributed by atoms with E-state index in [2.05, 4.69) is 16.0 Å². The summed E-state index contributed by atoms with van der Waals surface area (Å²) in [6, 6.07) is 19.0. The van der Waals surface area contributed by atoms with Gasteiger partial charge in [0.1, 0.15) is 5.75 Å². The van der Waals surface area contributed by atoms with Gasteiger partial charge in [-0.2, -0.15) is 0 Å². The molecule has 3 heterocycles. The van der Waals surface area contributed by atoms with Crippen LogP contribution in [-0.2, 0) is 22.5 Å². The molecule has 0 amide bonds. The zero-order valence-corrected chi connectivity index (χ0v) is 20.2. The van der Waals surface area contributed by atoms with Crippen LogP contribution in [0.5, 0.6) is 5.75 Å². The molecule has 0 saturated heterocycles. The van der Waals surface area contributed by atoms with Crippen LogP contribution in [-0.4, -0.2) is 32.7 Å². The van der Waals surface area contributed by atoms with Crippen molar-refractivity contribution in [3.63, 3.8) is 0 Å². The molecule has 0 unspecified atom stereocenters. The third-order valence-corrected chi connectivity index (χ3v) is 6.78. The van der Waals surface area contributed by atoms with Crippen molar-refractivity contribution in [2.45, 2.75) is 32.2 Å². The summed E-state index contributed by atoms with van der Waals surface area (Å²) in [5.41, 5.74) is 4.23. The first-order valence-electron chi connectivity index (χ1n) is 11.9. The Labute approximate surface area is 208 Å². The van der Waals surface area contributed by atoms with E-state index in [-0.39, 0.29) is 23.3 Å². The number of nitrogens with zero attached hydrogens (tertiary/aromatic N) is 2. The molecule has 3 aromatic heterocycles. The van der Waals surface area contributed by atoms with E-state index in [1.807, 2.05) is 54.7 Å². The Bertz CT molecular complexity index is 1630. The topological polar surface area (TPSA) is 97.2 Å². The van der Waals surface area contributed by atoms with E-state index in [4.69, 9.17) is 4.74 Å². The zero-order chi connectivity index (χ0) is 25.2. The van der Waals surface area contributed by atoms with Crippen molar-refractivity contribution in [2.24, 2.45) is 0 Å². The lowest BCUT2D eigenvalue weighted by Gasteiger charge is -2.21. The SMILES string of the molecule is COC(=O)C[C@H](c1ccc2ncccc2c1)c1c(O)cc(C)n(CCc2c[nH]c3ccccc23)c1=O. The van der Waals surface area contributed by atoms with E-state index in [0.717, 1.165) is 32.9 Å². The third kappa shape index (κ3) is 4.35. The van der Waals surface area contributed by atoms with Gasteiger partial charge in [-0.3, -0.25) is 14.6 Å². The number of fused-ring (bicyclic) bond motifs is 2. The summed E-state index contributed by atoms with van der Waals surface area (Å²) in [6.45, 7) is 2.24. The molecule has 0 aliphatic heterocycles. The summed E-state index contributed by atoms with van der Waals surface area (Å²) < 4.78 is 6.61. The number of benzene rings is 2. The average Bonchev–Trinajstić information content (AvgIpc) is 3.30. The molecule has 7 nitrogen and oxygen atoms in total. The molecule has 5 rings (SSSR count). The Morgan fingerprint density at radius 3 is 2.81 bits per heavy atom. The highest BCUT2D eigenvalue weighted by molar-refractivity contribution is 5.83. The Morgan fingerprint density at radius 1 is 1.14 bits per heavy atom. The molecular formula is C29H27N3O4. The van der Waals surface area contributed by atoms with Gasteiger partial charge in [0.15, 0.2) is 0 Å². The number of carbonyl (C=O) groups is 1. The predicted octanol–water partition coefficient (Wildman–Crippen LogP) is 4.83. The van der Waals surface area contributed by atoms with E-state index in [0.29, 0.717) is 18.7 Å². The fraction of sp³-hybridized carbons (Fsp3) is 0.207. The number of para-hydroxylation sites is 1. The number of rotatable bonds is 7. The van der Waals surface area contributed by atoms with E-state index in [1.165, 1.54) is 7.11 Å². The quantitative estimate of drug-likeness (QED) is 0.325. The summed E-state index contributed by atoms with van der Waals surface area (Å²) >= 11 is 0. The molecular weight excluding hydrogens is 454 g/mol. The van der Waals surface area contributed by atoms with Crippen LogP contribution < -0.4 is 5.56 Å². The van der Waals surface area contributed by atoms with Crippen molar-refractivity contribution in [1.82, 2.24) is 14.5 Å². The first-order chi connectivity index (χ1) is 17.5. The second kappa shape index (κ2) is 9.70. The second-order valence-electron chi connectivity index (χ2n) is 8.94. The molecule has 5 aromatic rings. The minimum atomic E-state index is -0.672. The van der Waals surface area contributed by atoms with Gasteiger partial charge in [-0.15, -0.1) is 0 Å². The van der Waals surface area contributed by atoms with Crippen LogP contribution >= 0.6 is 0 Å². The Hall–Kier alpha value is -4.39. The highest BCUT2D eigenvalue weighted by Gasteiger charge is 2.27. The fourth-order valence-corrected chi connectivity index (χ4v) is 4.89. The predicted molar refractivity (Wildman–Crippen MR) is 139 cm³/mol. The molecule has 2 N–H and O–H groups in total. The number of methoxy groups -OCH3 is 1. The number of aryl methyl sites for hydroxylation is 2. The number of hydrogen-bond donors (Lipinski definition) is 2. The van der Waals surface area contributed by atoms with E-state index in [9.17, 15) is 14.7 Å². The van der Waals surface area contributed by atoms with Gasteiger partial charge in [0.2, 0.25) is 0 Å². The zero-order valence-electron chi connectivity index (χ0n) is 20.2. The number of nitrogens with one attached hydrogen (secondary N) is 1. The molecule has 0 bridgehead atoms. The molecule has 0 spiro atoms. The minimum absolute atomic E-state index is 0.0728. The molecule has 36 heavy (non-hydrogen) atoms. The second-order valence-corrected chi connectivity index (χ2v) is 8.94. The van der Waals surface area contributed by atoms with E-state index in [1.54, 1.807) is 23.8 Å². The monoisotopic (exact) mass is 481 g/mol. The van der Waals surface area contributed by atoms with Crippen LogP contribution in [0.15, 0.2) is 77.9 Å². The number of hydrogen-bond acceptors (Lipinski definition) is 5. The summed E-state index contributed by atoms with van der Waals surface area (Å²) in [5.74, 6) is -1.26. The normalized spacial score (nSPS) is 12.2. The number of H-pyrrole nitrogens is 1. The van der Waals surface area contributed by atoms with E-state index < -0.39 is 11.9 Å². The van der Waals surface area contributed by atoms with Crippen LogP contribution in [0, 0.1) is 6.92 Å². The maximum Gasteiger partial charge on any atom is 0.306 e. The number of aromatic hydroxyl groups is 1. The number of pyridine rings is 2. The number of ether oxygens (including phenoxy) is 1. The first kappa shape index (κ1) is 23.4. The lowest BCUT2D eigenvalue weighted by Crippen LogP contribution is -2.29. The van der Waals surface area contributed by atoms with Gasteiger partial charge >= 0.3 is 5.97 Å². The van der Waals surface area contributed by atoms with Crippen LogP contribution in [0.4, 0.5) is 0 Å². The Morgan fingerprint density at radius 2 is 1.97 bits per heavy atom. The third-order valence-electron chi connectivity index (χ3n) is 6.78. The number of aromatic nitrogens is 3.